The first-order valence-electron chi connectivity index (χ1n) is 7.36. The first-order chi connectivity index (χ1) is 11.4. The minimum absolute atomic E-state index is 0.0889. The smallest absolute Gasteiger partial charge is 0.303 e. The quantitative estimate of drug-likeness (QED) is 0.851. The van der Waals surface area contributed by atoms with Crippen LogP contribution in [0.4, 0.5) is 8.78 Å². The van der Waals surface area contributed by atoms with Gasteiger partial charge in [-0.15, -0.1) is 0 Å². The summed E-state index contributed by atoms with van der Waals surface area (Å²) in [7, 11) is 0. The van der Waals surface area contributed by atoms with Crippen LogP contribution in [0.2, 0.25) is 0 Å². The summed E-state index contributed by atoms with van der Waals surface area (Å²) in [6.45, 7) is 0. The third kappa shape index (κ3) is 8.63. The van der Waals surface area contributed by atoms with E-state index < -0.39 is 5.97 Å². The van der Waals surface area contributed by atoms with Crippen molar-refractivity contribution in [2.75, 3.05) is 0 Å². The summed E-state index contributed by atoms with van der Waals surface area (Å²) in [5, 5.41) is 8.36. The number of hydrogen-bond donors (Lipinski definition) is 2. The fourth-order valence-corrected chi connectivity index (χ4v) is 1.82. The third-order valence-electron chi connectivity index (χ3n) is 3.11. The van der Waals surface area contributed by atoms with E-state index in [2.05, 4.69) is 0 Å². The van der Waals surface area contributed by atoms with Crippen LogP contribution in [0.25, 0.3) is 0 Å². The molecule has 2 aromatic carbocycles. The molecule has 0 aromatic heterocycles. The molecule has 2 aromatic rings. The van der Waals surface area contributed by atoms with Crippen LogP contribution in [0.3, 0.4) is 0 Å². The highest BCUT2D eigenvalue weighted by Crippen LogP contribution is 2.05. The van der Waals surface area contributed by atoms with Crippen molar-refractivity contribution in [1.82, 2.24) is 0 Å². The van der Waals surface area contributed by atoms with Crippen molar-refractivity contribution >= 4 is 11.9 Å². The number of nitrogens with two attached hydrogens (primary N) is 1. The predicted octanol–water partition coefficient (Wildman–Crippen LogP) is 3.09. The van der Waals surface area contributed by atoms with E-state index in [-0.39, 0.29) is 24.0 Å². The van der Waals surface area contributed by atoms with Crippen LogP contribution in [-0.4, -0.2) is 17.0 Å². The molecule has 0 spiro atoms. The molecule has 2 rings (SSSR count). The second-order valence-electron chi connectivity index (χ2n) is 5.11. The highest BCUT2D eigenvalue weighted by Gasteiger charge is 1.98. The summed E-state index contributed by atoms with van der Waals surface area (Å²) in [6, 6.07) is 11.9. The largest absolute Gasteiger partial charge is 0.481 e. The molecule has 0 atom stereocenters. The Kier molecular flexibility index (Phi) is 8.11. The zero-order valence-corrected chi connectivity index (χ0v) is 13.0. The van der Waals surface area contributed by atoms with Crippen molar-refractivity contribution in [3.8, 4) is 0 Å². The van der Waals surface area contributed by atoms with Crippen molar-refractivity contribution in [2.24, 2.45) is 5.73 Å². The van der Waals surface area contributed by atoms with Crippen LogP contribution in [0.15, 0.2) is 48.5 Å². The zero-order chi connectivity index (χ0) is 17.9. The van der Waals surface area contributed by atoms with E-state index in [1.54, 1.807) is 24.3 Å². The maximum atomic E-state index is 12.4. The van der Waals surface area contributed by atoms with Crippen molar-refractivity contribution < 1.29 is 23.5 Å². The zero-order valence-electron chi connectivity index (χ0n) is 13.0. The van der Waals surface area contributed by atoms with Crippen LogP contribution in [0.5, 0.6) is 0 Å². The Morgan fingerprint density at radius 2 is 1.17 bits per heavy atom. The molecular weight excluding hydrogens is 316 g/mol. The Morgan fingerprint density at radius 1 is 0.792 bits per heavy atom. The number of carbonyl (C=O) groups is 2. The van der Waals surface area contributed by atoms with Crippen LogP contribution in [0, 0.1) is 11.6 Å². The highest BCUT2D eigenvalue weighted by molar-refractivity contribution is 5.74. The van der Waals surface area contributed by atoms with Gasteiger partial charge in [-0.25, -0.2) is 8.78 Å². The fraction of sp³-hybridized carbons (Fsp3) is 0.222. The number of aliphatic carboxylic acids is 1. The van der Waals surface area contributed by atoms with E-state index in [0.29, 0.717) is 19.3 Å². The summed E-state index contributed by atoms with van der Waals surface area (Å²) in [4.78, 5) is 20.6. The maximum absolute atomic E-state index is 12.4. The van der Waals surface area contributed by atoms with Crippen molar-refractivity contribution in [3.05, 3.63) is 71.3 Å². The molecule has 0 aliphatic heterocycles. The number of carboxylic acids is 1. The number of primary amides is 1. The average Bonchev–Trinajstić information content (AvgIpc) is 2.54. The molecule has 0 aliphatic carbocycles. The van der Waals surface area contributed by atoms with Gasteiger partial charge in [-0.1, -0.05) is 24.3 Å². The molecule has 0 saturated heterocycles. The summed E-state index contributed by atoms with van der Waals surface area (Å²) in [6.07, 6.45) is 1.43. The molecule has 0 radical (unpaired) electrons. The number of hydrogen-bond acceptors (Lipinski definition) is 2. The van der Waals surface area contributed by atoms with Gasteiger partial charge >= 0.3 is 5.97 Å². The van der Waals surface area contributed by atoms with E-state index >= 15 is 0 Å². The highest BCUT2D eigenvalue weighted by atomic mass is 19.1. The molecule has 3 N–H and O–H groups in total. The van der Waals surface area contributed by atoms with Gasteiger partial charge in [0.25, 0.3) is 0 Å². The lowest BCUT2D eigenvalue weighted by Gasteiger charge is -1.97. The Morgan fingerprint density at radius 3 is 1.50 bits per heavy atom. The Labute approximate surface area is 138 Å². The maximum Gasteiger partial charge on any atom is 0.303 e. The van der Waals surface area contributed by atoms with Crippen molar-refractivity contribution in [2.45, 2.75) is 25.7 Å². The number of carboxylic acid groups (broad SMARTS) is 1. The predicted molar refractivity (Wildman–Crippen MR) is 86.3 cm³/mol. The van der Waals surface area contributed by atoms with Crippen LogP contribution in [0.1, 0.15) is 24.0 Å². The van der Waals surface area contributed by atoms with E-state index in [4.69, 9.17) is 10.8 Å². The summed E-state index contributed by atoms with van der Waals surface area (Å²) >= 11 is 0. The number of aryl methyl sites for hydroxylation is 2. The van der Waals surface area contributed by atoms with E-state index in [1.807, 2.05) is 0 Å². The SMILES string of the molecule is NC(=O)CCc1ccc(F)cc1.O=C(O)CCc1ccc(F)cc1. The van der Waals surface area contributed by atoms with Gasteiger partial charge in [0, 0.05) is 12.8 Å². The van der Waals surface area contributed by atoms with Crippen LogP contribution < -0.4 is 5.73 Å². The molecule has 0 heterocycles. The number of carbonyl (C=O) groups excluding carboxylic acids is 1. The monoisotopic (exact) mass is 335 g/mol. The van der Waals surface area contributed by atoms with Gasteiger partial charge in [0.1, 0.15) is 11.6 Å². The minimum Gasteiger partial charge on any atom is -0.481 e. The Hall–Kier alpha value is -2.76. The molecule has 6 heteroatoms. The molecule has 4 nitrogen and oxygen atoms in total. The molecule has 0 fully saturated rings. The van der Waals surface area contributed by atoms with E-state index in [0.717, 1.165) is 11.1 Å². The standard InChI is InChI=1S/C9H10FNO.C9H9FO2/c2*10-8-4-1-7(2-5-8)3-6-9(11)12/h1-2,4-5H,3,6H2,(H2,11,12);1-2,4-5H,3,6H2,(H,11,12). The third-order valence-corrected chi connectivity index (χ3v) is 3.11. The number of amides is 1. The minimum atomic E-state index is -0.834. The molecule has 1 amide bonds. The molecular formula is C18H19F2NO3. The Balaban J connectivity index is 0.000000240. The Bertz CT molecular complexity index is 595. The number of halogens is 2. The lowest BCUT2D eigenvalue weighted by molar-refractivity contribution is -0.137. The summed E-state index contributed by atoms with van der Waals surface area (Å²) in [5.74, 6) is -1.73. The first-order valence-corrected chi connectivity index (χ1v) is 7.36. The molecule has 0 aliphatic rings. The molecule has 0 bridgehead atoms. The van der Waals surface area contributed by atoms with Gasteiger partial charge < -0.3 is 10.8 Å². The first kappa shape index (κ1) is 19.3. The van der Waals surface area contributed by atoms with E-state index in [1.165, 1.54) is 24.3 Å². The molecule has 24 heavy (non-hydrogen) atoms. The summed E-state index contributed by atoms with van der Waals surface area (Å²) in [5.41, 5.74) is 6.73. The molecule has 128 valence electrons. The fourth-order valence-electron chi connectivity index (χ4n) is 1.82. The average molecular weight is 335 g/mol. The van der Waals surface area contributed by atoms with Gasteiger partial charge in [0.15, 0.2) is 0 Å². The lowest BCUT2D eigenvalue weighted by Crippen LogP contribution is -2.11. The second kappa shape index (κ2) is 10.1. The molecule has 0 unspecified atom stereocenters. The number of benzene rings is 2. The summed E-state index contributed by atoms with van der Waals surface area (Å²) < 4.78 is 24.8. The molecule has 0 saturated carbocycles. The second-order valence-corrected chi connectivity index (χ2v) is 5.11. The van der Waals surface area contributed by atoms with Gasteiger partial charge in [-0.2, -0.15) is 0 Å². The van der Waals surface area contributed by atoms with Gasteiger partial charge in [-0.05, 0) is 48.2 Å². The topological polar surface area (TPSA) is 80.4 Å². The van der Waals surface area contributed by atoms with Gasteiger partial charge in [-0.3, -0.25) is 9.59 Å². The number of rotatable bonds is 6. The van der Waals surface area contributed by atoms with Gasteiger partial charge in [0.05, 0.1) is 0 Å². The van der Waals surface area contributed by atoms with E-state index in [9.17, 15) is 18.4 Å². The normalized spacial score (nSPS) is 9.75. The van der Waals surface area contributed by atoms with Gasteiger partial charge in [0.2, 0.25) is 5.91 Å². The lowest BCUT2D eigenvalue weighted by atomic mass is 10.1. The van der Waals surface area contributed by atoms with Crippen molar-refractivity contribution in [3.63, 3.8) is 0 Å². The van der Waals surface area contributed by atoms with Crippen molar-refractivity contribution in [1.29, 1.82) is 0 Å². The van der Waals surface area contributed by atoms with Crippen LogP contribution >= 0.6 is 0 Å². The van der Waals surface area contributed by atoms with Crippen LogP contribution in [-0.2, 0) is 22.4 Å².